The lowest BCUT2D eigenvalue weighted by atomic mass is 9.93. The summed E-state index contributed by atoms with van der Waals surface area (Å²) in [4.78, 5) is 19.7. The van der Waals surface area contributed by atoms with Crippen molar-refractivity contribution < 1.29 is 0 Å². The predicted octanol–water partition coefficient (Wildman–Crippen LogP) is 11.1. The van der Waals surface area contributed by atoms with Crippen molar-refractivity contribution in [1.29, 1.82) is 0 Å². The molecule has 2 aromatic heterocycles. The molecule has 0 atom stereocenters. The smallest absolute Gasteiger partial charge is 0.164 e. The predicted molar refractivity (Wildman–Crippen MR) is 197 cm³/mol. The Kier molecular flexibility index (Phi) is 6.76. The van der Waals surface area contributed by atoms with Crippen LogP contribution in [0.25, 0.3) is 88.9 Å². The van der Waals surface area contributed by atoms with Crippen molar-refractivity contribution in [3.05, 3.63) is 170 Å². The number of hydrogen-bond donors (Lipinski definition) is 0. The van der Waals surface area contributed by atoms with Crippen LogP contribution >= 0.6 is 0 Å². The van der Waals surface area contributed by atoms with Gasteiger partial charge in [0, 0.05) is 33.7 Å². The van der Waals surface area contributed by atoms with Crippen LogP contribution in [0, 0.1) is 0 Å². The first kappa shape index (κ1) is 27.8. The van der Waals surface area contributed by atoms with E-state index in [0.29, 0.717) is 17.5 Å². The van der Waals surface area contributed by atoms with E-state index in [1.807, 2.05) is 66.9 Å². The van der Waals surface area contributed by atoms with Gasteiger partial charge in [0.2, 0.25) is 0 Å². The number of pyridine rings is 1. The van der Waals surface area contributed by atoms with E-state index in [4.69, 9.17) is 19.9 Å². The van der Waals surface area contributed by atoms with Gasteiger partial charge in [-0.3, -0.25) is 4.98 Å². The minimum atomic E-state index is 0.651. The van der Waals surface area contributed by atoms with Gasteiger partial charge >= 0.3 is 0 Å². The topological polar surface area (TPSA) is 51.6 Å². The average Bonchev–Trinajstić information content (AvgIpc) is 3.18. The van der Waals surface area contributed by atoms with Gasteiger partial charge in [-0.2, -0.15) is 0 Å². The van der Waals surface area contributed by atoms with Gasteiger partial charge in [-0.05, 0) is 50.5 Å². The Balaban J connectivity index is 1.12. The number of aromatic nitrogens is 4. The fourth-order valence-corrected chi connectivity index (χ4v) is 6.56. The Bertz CT molecular complexity index is 2540. The van der Waals surface area contributed by atoms with Crippen molar-refractivity contribution in [3.63, 3.8) is 0 Å². The second-order valence-electron chi connectivity index (χ2n) is 11.9. The summed E-state index contributed by atoms with van der Waals surface area (Å²) >= 11 is 0. The minimum Gasteiger partial charge on any atom is -0.256 e. The van der Waals surface area contributed by atoms with Gasteiger partial charge in [0.25, 0.3) is 0 Å². The van der Waals surface area contributed by atoms with E-state index < -0.39 is 0 Å². The fraction of sp³-hybridized carbons (Fsp3) is 0. The quantitative estimate of drug-likeness (QED) is 0.181. The summed E-state index contributed by atoms with van der Waals surface area (Å²) in [6.45, 7) is 0. The third kappa shape index (κ3) is 4.97. The van der Waals surface area contributed by atoms with Crippen LogP contribution in [0.3, 0.4) is 0 Å². The SMILES string of the molecule is c1ccc(-c2nc(-c3ccccc3)nc(-c3ccc(-c4ccc(-c5ccc6c(c5)ncc5ccccc56)cc4)c4ccccc34)n2)cc1. The largest absolute Gasteiger partial charge is 0.256 e. The lowest BCUT2D eigenvalue weighted by molar-refractivity contribution is 1.08. The molecular formula is C44H28N4. The Morgan fingerprint density at radius 2 is 0.833 bits per heavy atom. The molecule has 0 amide bonds. The number of benzene rings is 7. The van der Waals surface area contributed by atoms with Crippen LogP contribution in [0.1, 0.15) is 0 Å². The molecule has 9 rings (SSSR count). The molecule has 0 N–H and O–H groups in total. The summed E-state index contributed by atoms with van der Waals surface area (Å²) in [6, 6.07) is 56.8. The molecule has 0 aliphatic heterocycles. The van der Waals surface area contributed by atoms with Gasteiger partial charge in [-0.25, -0.2) is 15.0 Å². The fourth-order valence-electron chi connectivity index (χ4n) is 6.56. The lowest BCUT2D eigenvalue weighted by Crippen LogP contribution is -2.00. The van der Waals surface area contributed by atoms with Crippen LogP contribution in [-0.2, 0) is 0 Å². The molecule has 0 saturated carbocycles. The molecule has 9 aromatic rings. The van der Waals surface area contributed by atoms with Crippen molar-refractivity contribution in [3.8, 4) is 56.4 Å². The highest BCUT2D eigenvalue weighted by Crippen LogP contribution is 2.37. The Morgan fingerprint density at radius 3 is 1.52 bits per heavy atom. The van der Waals surface area contributed by atoms with Crippen LogP contribution in [-0.4, -0.2) is 19.9 Å². The molecule has 4 heteroatoms. The zero-order chi connectivity index (χ0) is 31.9. The third-order valence-electron chi connectivity index (χ3n) is 8.99. The van der Waals surface area contributed by atoms with Crippen molar-refractivity contribution in [2.24, 2.45) is 0 Å². The molecule has 0 fully saturated rings. The Labute approximate surface area is 278 Å². The third-order valence-corrected chi connectivity index (χ3v) is 8.99. The summed E-state index contributed by atoms with van der Waals surface area (Å²) in [5.74, 6) is 1.96. The molecule has 0 aliphatic rings. The molecule has 0 spiro atoms. The molecule has 0 aliphatic carbocycles. The van der Waals surface area contributed by atoms with E-state index in [1.165, 1.54) is 10.8 Å². The van der Waals surface area contributed by atoms with Crippen LogP contribution in [0.15, 0.2) is 170 Å². The van der Waals surface area contributed by atoms with Crippen molar-refractivity contribution in [2.45, 2.75) is 0 Å². The van der Waals surface area contributed by atoms with Crippen molar-refractivity contribution in [2.75, 3.05) is 0 Å². The Hall–Kier alpha value is -6.52. The van der Waals surface area contributed by atoms with Crippen LogP contribution in [0.2, 0.25) is 0 Å². The first-order chi connectivity index (χ1) is 23.8. The average molecular weight is 613 g/mol. The molecule has 0 unspecified atom stereocenters. The second-order valence-corrected chi connectivity index (χ2v) is 11.9. The number of fused-ring (bicyclic) bond motifs is 4. The van der Waals surface area contributed by atoms with Gasteiger partial charge < -0.3 is 0 Å². The van der Waals surface area contributed by atoms with Gasteiger partial charge in [0.15, 0.2) is 17.5 Å². The maximum atomic E-state index is 5.01. The van der Waals surface area contributed by atoms with Gasteiger partial charge in [0.05, 0.1) is 5.52 Å². The van der Waals surface area contributed by atoms with Gasteiger partial charge in [-0.15, -0.1) is 0 Å². The number of rotatable bonds is 5. The summed E-state index contributed by atoms with van der Waals surface area (Å²) in [5.41, 5.74) is 8.49. The van der Waals surface area contributed by atoms with E-state index in [-0.39, 0.29) is 0 Å². The normalized spacial score (nSPS) is 11.3. The zero-order valence-corrected chi connectivity index (χ0v) is 26.0. The van der Waals surface area contributed by atoms with E-state index in [0.717, 1.165) is 60.6 Å². The maximum absolute atomic E-state index is 5.01. The lowest BCUT2D eigenvalue weighted by Gasteiger charge is -2.13. The molecule has 224 valence electrons. The standard InChI is InChI=1S/C44H28N4/c1-3-11-31(12-4-1)42-46-43(32-13-5-2-6-14-32)48-44(47-42)40-26-25-36(37-17-9-10-18-38(37)40)30-21-19-29(20-22-30)33-23-24-39-35-16-8-7-15-34(35)28-45-41(39)27-33/h1-28H. The number of hydrogen-bond acceptors (Lipinski definition) is 4. The van der Waals surface area contributed by atoms with E-state index in [2.05, 4.69) is 103 Å². The van der Waals surface area contributed by atoms with Crippen molar-refractivity contribution in [1.82, 2.24) is 19.9 Å². The molecule has 0 radical (unpaired) electrons. The highest BCUT2D eigenvalue weighted by molar-refractivity contribution is 6.07. The first-order valence-electron chi connectivity index (χ1n) is 16.1. The van der Waals surface area contributed by atoms with Gasteiger partial charge in [0.1, 0.15) is 0 Å². The number of nitrogens with zero attached hydrogens (tertiary/aromatic N) is 4. The molecule has 2 heterocycles. The summed E-state index contributed by atoms with van der Waals surface area (Å²) in [6.07, 6.45) is 1.96. The first-order valence-corrected chi connectivity index (χ1v) is 16.1. The van der Waals surface area contributed by atoms with Gasteiger partial charge in [-0.1, -0.05) is 152 Å². The molecular weight excluding hydrogens is 585 g/mol. The highest BCUT2D eigenvalue weighted by atomic mass is 15.0. The van der Waals surface area contributed by atoms with E-state index in [9.17, 15) is 0 Å². The van der Waals surface area contributed by atoms with E-state index in [1.54, 1.807) is 0 Å². The van der Waals surface area contributed by atoms with Crippen LogP contribution < -0.4 is 0 Å². The van der Waals surface area contributed by atoms with Crippen molar-refractivity contribution >= 4 is 32.4 Å². The maximum Gasteiger partial charge on any atom is 0.164 e. The van der Waals surface area contributed by atoms with E-state index >= 15 is 0 Å². The second kappa shape index (κ2) is 11.7. The summed E-state index contributed by atoms with van der Waals surface area (Å²) in [5, 5.41) is 5.79. The minimum absolute atomic E-state index is 0.651. The molecule has 48 heavy (non-hydrogen) atoms. The zero-order valence-electron chi connectivity index (χ0n) is 26.0. The summed E-state index contributed by atoms with van der Waals surface area (Å²) in [7, 11) is 0. The summed E-state index contributed by atoms with van der Waals surface area (Å²) < 4.78 is 0. The molecule has 0 bridgehead atoms. The highest BCUT2D eigenvalue weighted by Gasteiger charge is 2.16. The molecule has 7 aromatic carbocycles. The van der Waals surface area contributed by atoms with Crippen LogP contribution in [0.4, 0.5) is 0 Å². The van der Waals surface area contributed by atoms with Crippen LogP contribution in [0.5, 0.6) is 0 Å². The monoisotopic (exact) mass is 612 g/mol. The Morgan fingerprint density at radius 1 is 0.312 bits per heavy atom. The molecule has 4 nitrogen and oxygen atoms in total. The molecule has 0 saturated heterocycles.